The number of H-pyrrole nitrogens is 2. The second-order valence-electron chi connectivity index (χ2n) is 15.5. The Bertz CT molecular complexity index is 2380. The minimum Gasteiger partial charge on any atom is -0.464 e. The number of carbonyl (C=O) groups is 2. The van der Waals surface area contributed by atoms with Crippen molar-refractivity contribution >= 4 is 11.9 Å². The summed E-state index contributed by atoms with van der Waals surface area (Å²) in [5.41, 5.74) is 0.158. The van der Waals surface area contributed by atoms with E-state index in [1.165, 1.54) is 40.4 Å². The van der Waals surface area contributed by atoms with E-state index in [4.69, 9.17) is 18.9 Å². The van der Waals surface area contributed by atoms with Crippen LogP contribution in [0.4, 0.5) is 0 Å². The molecule has 0 spiro atoms. The number of esters is 2. The maximum Gasteiger partial charge on any atom is 0.360 e. The van der Waals surface area contributed by atoms with Crippen LogP contribution in [0.1, 0.15) is 146 Å². The number of nitrogens with one attached hydrogen (secondary N) is 2. The smallest absolute Gasteiger partial charge is 0.360 e. The number of ether oxygens (including phenoxy) is 4. The molecule has 0 saturated carbocycles. The van der Waals surface area contributed by atoms with Gasteiger partial charge >= 0.3 is 23.3 Å². The van der Waals surface area contributed by atoms with E-state index in [0.717, 1.165) is 51.4 Å². The lowest BCUT2D eigenvalue weighted by Crippen LogP contribution is -2.33. The molecule has 6 atom stereocenters. The molecule has 2 fully saturated rings. The fourth-order valence-electron chi connectivity index (χ4n) is 7.76. The van der Waals surface area contributed by atoms with Crippen molar-refractivity contribution in [2.24, 2.45) is 0 Å². The van der Waals surface area contributed by atoms with Crippen LogP contribution in [0.5, 0.6) is 0 Å². The summed E-state index contributed by atoms with van der Waals surface area (Å²) in [4.78, 5) is 77.2. The van der Waals surface area contributed by atoms with Gasteiger partial charge in [0.2, 0.25) is 0 Å². The molecule has 0 bridgehead atoms. The summed E-state index contributed by atoms with van der Waals surface area (Å²) in [6.07, 6.45) is 9.86. The van der Waals surface area contributed by atoms with Gasteiger partial charge < -0.3 is 29.2 Å². The van der Waals surface area contributed by atoms with Gasteiger partial charge in [-0.05, 0) is 39.5 Å². The van der Waals surface area contributed by atoms with Crippen LogP contribution in [-0.2, 0) is 31.8 Å². The van der Waals surface area contributed by atoms with Crippen LogP contribution < -0.4 is 22.5 Å². The zero-order chi connectivity index (χ0) is 45.1. The van der Waals surface area contributed by atoms with Gasteiger partial charge in [0, 0.05) is 36.4 Å². The lowest BCUT2D eigenvalue weighted by Gasteiger charge is -2.18. The molecule has 6 rings (SSSR count). The molecule has 0 amide bonds. The molecular formula is C40H58N10O12. The highest BCUT2D eigenvalue weighted by atomic mass is 16.5. The number of aliphatic hydroxyl groups is 2. The molecule has 4 aromatic rings. The SMILES string of the molecule is CCCCCCc1c(C(=O)OC)nnn1[C@H]1C[C@H](n2cc(C)c(=O)[nH]c2=O)O[C@@H]1CO.CCCCCCc1nnn([C@H]2C[C@H](n3cc(C)c(=O)[nH]c3=O)O[C@@H]2CO)c1C(=O)OC. The number of aliphatic hydroxyl groups excluding tert-OH is 2. The molecule has 22 nitrogen and oxygen atoms in total. The molecule has 2 aliphatic rings. The Hall–Kier alpha value is -5.58. The van der Waals surface area contributed by atoms with Crippen molar-refractivity contribution in [1.29, 1.82) is 0 Å². The van der Waals surface area contributed by atoms with Crippen molar-refractivity contribution in [2.75, 3.05) is 27.4 Å². The number of rotatable bonds is 18. The van der Waals surface area contributed by atoms with E-state index in [1.54, 1.807) is 18.5 Å². The first-order chi connectivity index (χ1) is 29.8. The van der Waals surface area contributed by atoms with Crippen LogP contribution in [-0.4, -0.2) is 111 Å². The molecule has 2 saturated heterocycles. The van der Waals surface area contributed by atoms with Gasteiger partial charge in [-0.2, -0.15) is 0 Å². The maximum atomic E-state index is 12.5. The van der Waals surface area contributed by atoms with Crippen molar-refractivity contribution < 1.29 is 38.7 Å². The van der Waals surface area contributed by atoms with E-state index in [-0.39, 0.29) is 31.0 Å². The van der Waals surface area contributed by atoms with Gasteiger partial charge in [0.15, 0.2) is 11.4 Å². The molecule has 6 heterocycles. The highest BCUT2D eigenvalue weighted by molar-refractivity contribution is 5.89. The predicted molar refractivity (Wildman–Crippen MR) is 220 cm³/mol. The van der Waals surface area contributed by atoms with E-state index in [2.05, 4.69) is 44.4 Å². The number of aryl methyl sites for hydroxylation is 3. The van der Waals surface area contributed by atoms with Gasteiger partial charge in [-0.1, -0.05) is 62.8 Å². The third-order valence-corrected chi connectivity index (χ3v) is 11.2. The summed E-state index contributed by atoms with van der Waals surface area (Å²) >= 11 is 0. The standard InChI is InChI=1S/2C20H29N5O6/c1-4-5-6-7-8-13-17(19(28)30-3)22-23-25(13)14-9-16(31-15(14)11-26)24-10-12(2)18(27)21-20(24)29;1-4-5-6-7-8-13-17(19(28)30-3)25(23-22-13)14-9-16(31-15(14)11-26)24-10-12(2)18(27)21-20(24)29/h2*10,14-16,26H,4-9,11H2,1-3H3,(H,21,27,29)/t2*14-,15+,16+/m00/s1. The monoisotopic (exact) mass is 870 g/mol. The van der Waals surface area contributed by atoms with Crippen molar-refractivity contribution in [3.63, 3.8) is 0 Å². The Morgan fingerprint density at radius 3 is 1.68 bits per heavy atom. The minimum atomic E-state index is -0.743. The Balaban J connectivity index is 0.000000234. The number of nitrogens with zero attached hydrogens (tertiary/aromatic N) is 8. The maximum absolute atomic E-state index is 12.5. The summed E-state index contributed by atoms with van der Waals surface area (Å²) in [5, 5.41) is 36.4. The fourth-order valence-corrected chi connectivity index (χ4v) is 7.76. The largest absolute Gasteiger partial charge is 0.464 e. The number of hydrogen-bond donors (Lipinski definition) is 4. The van der Waals surface area contributed by atoms with Crippen LogP contribution in [0.2, 0.25) is 0 Å². The van der Waals surface area contributed by atoms with Crippen LogP contribution in [0, 0.1) is 13.8 Å². The zero-order valence-corrected chi connectivity index (χ0v) is 36.1. The minimum absolute atomic E-state index is 0.149. The Labute approximate surface area is 356 Å². The normalized spacial score (nSPS) is 20.8. The van der Waals surface area contributed by atoms with Gasteiger partial charge in [0.25, 0.3) is 11.1 Å². The van der Waals surface area contributed by atoms with E-state index in [1.807, 2.05) is 0 Å². The molecule has 0 aliphatic carbocycles. The van der Waals surface area contributed by atoms with Gasteiger partial charge in [0.1, 0.15) is 24.7 Å². The summed E-state index contributed by atoms with van der Waals surface area (Å²) in [6.45, 7) is 6.78. The molecular weight excluding hydrogens is 812 g/mol. The third-order valence-electron chi connectivity index (χ3n) is 11.2. The van der Waals surface area contributed by atoms with Crippen LogP contribution in [0.3, 0.4) is 0 Å². The predicted octanol–water partition coefficient (Wildman–Crippen LogP) is 1.73. The zero-order valence-electron chi connectivity index (χ0n) is 36.1. The lowest BCUT2D eigenvalue weighted by molar-refractivity contribution is -0.0326. The topological polar surface area (TPSA) is 283 Å². The Morgan fingerprint density at radius 1 is 0.710 bits per heavy atom. The van der Waals surface area contributed by atoms with Gasteiger partial charge in [-0.25, -0.2) is 28.5 Å². The molecule has 2 aliphatic heterocycles. The molecule has 62 heavy (non-hydrogen) atoms. The number of aromatic amines is 2. The Morgan fingerprint density at radius 2 is 1.19 bits per heavy atom. The Kier molecular flexibility index (Phi) is 16.8. The average molecular weight is 871 g/mol. The first-order valence-corrected chi connectivity index (χ1v) is 21.0. The van der Waals surface area contributed by atoms with E-state index < -0.39 is 71.2 Å². The summed E-state index contributed by atoms with van der Waals surface area (Å²) in [7, 11) is 2.58. The number of aromatic nitrogens is 10. The van der Waals surface area contributed by atoms with E-state index >= 15 is 0 Å². The van der Waals surface area contributed by atoms with Crippen LogP contribution in [0.25, 0.3) is 0 Å². The second-order valence-corrected chi connectivity index (χ2v) is 15.5. The van der Waals surface area contributed by atoms with Gasteiger partial charge in [-0.3, -0.25) is 28.7 Å². The second kappa shape index (κ2) is 22.0. The highest BCUT2D eigenvalue weighted by Crippen LogP contribution is 2.38. The number of unbranched alkanes of at least 4 members (excludes halogenated alkanes) is 6. The van der Waals surface area contributed by atoms with E-state index in [0.29, 0.717) is 41.8 Å². The lowest BCUT2D eigenvalue weighted by atomic mass is 10.1. The van der Waals surface area contributed by atoms with Gasteiger partial charge in [0.05, 0.1) is 50.9 Å². The van der Waals surface area contributed by atoms with Crippen LogP contribution >= 0.6 is 0 Å². The fraction of sp³-hybridized carbons (Fsp3) is 0.650. The first-order valence-electron chi connectivity index (χ1n) is 21.0. The molecule has 22 heteroatoms. The highest BCUT2D eigenvalue weighted by Gasteiger charge is 2.42. The molecule has 4 N–H and O–H groups in total. The molecule has 4 aromatic heterocycles. The molecule has 340 valence electrons. The average Bonchev–Trinajstić information content (AvgIpc) is 4.08. The van der Waals surface area contributed by atoms with Crippen molar-refractivity contribution in [3.05, 3.63) is 88.0 Å². The van der Waals surface area contributed by atoms with E-state index in [9.17, 15) is 39.0 Å². The number of hydrogen-bond acceptors (Lipinski definition) is 16. The number of carbonyl (C=O) groups excluding carboxylic acids is 2. The third kappa shape index (κ3) is 10.7. The molecule has 0 radical (unpaired) electrons. The summed E-state index contributed by atoms with van der Waals surface area (Å²) in [6, 6.07) is -0.985. The quantitative estimate of drug-likeness (QED) is 0.0818. The van der Waals surface area contributed by atoms with Gasteiger partial charge in [-0.15, -0.1) is 10.2 Å². The summed E-state index contributed by atoms with van der Waals surface area (Å²) in [5.74, 6) is -1.13. The number of methoxy groups -OCH3 is 2. The first kappa shape index (κ1) is 47.5. The van der Waals surface area contributed by atoms with Crippen molar-refractivity contribution in [3.8, 4) is 0 Å². The van der Waals surface area contributed by atoms with Crippen molar-refractivity contribution in [1.82, 2.24) is 49.1 Å². The molecule has 0 unspecified atom stereocenters. The van der Waals surface area contributed by atoms with Crippen LogP contribution in [0.15, 0.2) is 31.6 Å². The van der Waals surface area contributed by atoms with Crippen molar-refractivity contribution in [2.45, 2.75) is 141 Å². The summed E-state index contributed by atoms with van der Waals surface area (Å²) < 4.78 is 27.2. The molecule has 0 aromatic carbocycles.